The number of ether oxygens (including phenoxy) is 1. The van der Waals surface area contributed by atoms with Gasteiger partial charge in [0.25, 0.3) is 0 Å². The van der Waals surface area contributed by atoms with E-state index in [1.165, 1.54) is 49.8 Å². The van der Waals surface area contributed by atoms with Crippen LogP contribution in [-0.4, -0.2) is 44.8 Å². The minimum Gasteiger partial charge on any atom is -0.369 e. The van der Waals surface area contributed by atoms with Crippen molar-refractivity contribution < 1.29 is 9.94 Å². The van der Waals surface area contributed by atoms with Crippen molar-refractivity contribution in [2.24, 2.45) is 40.9 Å². The zero-order valence-electron chi connectivity index (χ0n) is 21.5. The van der Waals surface area contributed by atoms with E-state index in [0.29, 0.717) is 17.3 Å². The number of rotatable bonds is 0. The van der Waals surface area contributed by atoms with Crippen molar-refractivity contribution in [3.8, 4) is 0 Å². The van der Waals surface area contributed by atoms with Crippen molar-refractivity contribution in [1.82, 2.24) is 15.3 Å². The topological polar surface area (TPSA) is 61.4 Å². The summed E-state index contributed by atoms with van der Waals surface area (Å²) in [4.78, 5) is 0. The van der Waals surface area contributed by atoms with Gasteiger partial charge in [0.1, 0.15) is 0 Å². The molecule has 0 bridgehead atoms. The van der Waals surface area contributed by atoms with E-state index >= 15 is 0 Å². The fourth-order valence-electron chi connectivity index (χ4n) is 10.2. The van der Waals surface area contributed by atoms with Crippen LogP contribution in [0, 0.1) is 40.9 Å². The number of aromatic nitrogens is 2. The number of nitrogens with one attached hydrogen (secondary N) is 1. The maximum atomic E-state index is 10.8. The smallest absolute Gasteiger partial charge is 0.0790 e. The minimum absolute atomic E-state index is 0.0938. The Morgan fingerprint density at radius 2 is 2.00 bits per heavy atom. The molecule has 2 saturated heterocycles. The number of nitrogens with zero attached hydrogens (tertiary/aromatic N) is 2. The first-order valence-corrected chi connectivity index (χ1v) is 14.1. The van der Waals surface area contributed by atoms with E-state index in [1.807, 2.05) is 0 Å². The van der Waals surface area contributed by atoms with E-state index in [9.17, 15) is 5.21 Å². The predicted octanol–water partition coefficient (Wildman–Crippen LogP) is 5.55. The Morgan fingerprint density at radius 1 is 1.15 bits per heavy atom. The first kappa shape index (κ1) is 22.1. The van der Waals surface area contributed by atoms with Gasteiger partial charge in [0.05, 0.1) is 23.9 Å². The quantitative estimate of drug-likeness (QED) is 0.493. The third kappa shape index (κ3) is 2.87. The van der Waals surface area contributed by atoms with E-state index in [4.69, 9.17) is 4.74 Å². The Kier molecular flexibility index (Phi) is 4.82. The van der Waals surface area contributed by atoms with E-state index in [0.717, 1.165) is 49.5 Å². The highest BCUT2D eigenvalue weighted by Gasteiger charge is 2.60. The van der Waals surface area contributed by atoms with Gasteiger partial charge in [-0.3, -0.25) is 5.10 Å². The van der Waals surface area contributed by atoms with Crippen molar-refractivity contribution in [3.63, 3.8) is 0 Å². The zero-order chi connectivity index (χ0) is 23.4. The number of allylic oxidation sites excluding steroid dienone is 1. The van der Waals surface area contributed by atoms with Crippen molar-refractivity contribution >= 4 is 0 Å². The highest BCUT2D eigenvalue weighted by molar-refractivity contribution is 5.32. The third-order valence-electron chi connectivity index (χ3n) is 12.1. The first-order valence-electron chi connectivity index (χ1n) is 14.1. The summed E-state index contributed by atoms with van der Waals surface area (Å²) in [6, 6.07) is 0.160. The molecule has 5 nitrogen and oxygen atoms in total. The molecule has 4 fully saturated rings. The molecule has 2 saturated carbocycles. The second-order valence-electron chi connectivity index (χ2n) is 13.5. The Labute approximate surface area is 204 Å². The van der Waals surface area contributed by atoms with E-state index in [2.05, 4.69) is 44.1 Å². The lowest BCUT2D eigenvalue weighted by Crippen LogP contribution is -2.50. The fourth-order valence-corrected chi connectivity index (χ4v) is 10.2. The maximum Gasteiger partial charge on any atom is 0.0790 e. The summed E-state index contributed by atoms with van der Waals surface area (Å²) in [5.41, 5.74) is 6.63. The number of H-pyrrole nitrogens is 1. The molecular formula is C29H43N3O2. The van der Waals surface area contributed by atoms with Crippen LogP contribution in [0.15, 0.2) is 17.3 Å². The largest absolute Gasteiger partial charge is 0.369 e. The van der Waals surface area contributed by atoms with Gasteiger partial charge in [0, 0.05) is 18.2 Å². The molecule has 1 aromatic rings. The number of hydroxylamine groups is 2. The summed E-state index contributed by atoms with van der Waals surface area (Å²) in [5.74, 6) is 4.10. The van der Waals surface area contributed by atoms with Crippen molar-refractivity contribution in [3.05, 3.63) is 28.6 Å². The molecule has 4 aliphatic carbocycles. The van der Waals surface area contributed by atoms with Gasteiger partial charge in [-0.05, 0) is 105 Å². The third-order valence-corrected chi connectivity index (χ3v) is 12.1. The maximum absolute atomic E-state index is 10.8. The Balaban J connectivity index is 1.20. The van der Waals surface area contributed by atoms with Gasteiger partial charge in [-0.25, -0.2) is 0 Å². The first-order chi connectivity index (χ1) is 16.3. The van der Waals surface area contributed by atoms with Crippen molar-refractivity contribution in [2.45, 2.75) is 103 Å². The standard InChI is InChI=1S/C29H43N3O2/c1-16-8-10-32(33)26-18(3)29(34-27(16)26)9-7-21-22-6-5-20-11-25-19(15-30-31-25)14-28(20,4)24(22)12-23(21)17(2)13-29/h15-16,18,20-22,24,26-27,33H,5-14H2,1-4H3,(H,30,31)/t16-,18-,20-,21+,22+,24+,26+,27-,28+,29+/m1/s1. The van der Waals surface area contributed by atoms with Crippen LogP contribution in [0.1, 0.15) is 83.9 Å². The molecule has 10 atom stereocenters. The average molecular weight is 466 g/mol. The molecule has 0 amide bonds. The lowest BCUT2D eigenvalue weighted by molar-refractivity contribution is -0.179. The van der Waals surface area contributed by atoms with Gasteiger partial charge in [-0.1, -0.05) is 31.9 Å². The lowest BCUT2D eigenvalue weighted by atomic mass is 9.52. The van der Waals surface area contributed by atoms with Gasteiger partial charge in [0.15, 0.2) is 0 Å². The molecule has 186 valence electrons. The SMILES string of the molecule is CC1=C2C[C@H]3[C@@H](CC[C@@H]4Cc5[nH]ncc5C[C@@]43C)[C@@H]2CC[C@@]2(C1)O[C@H]1[C@H]([C@H]2C)N(O)CC[C@H]1C. The van der Waals surface area contributed by atoms with Gasteiger partial charge >= 0.3 is 0 Å². The van der Waals surface area contributed by atoms with E-state index < -0.39 is 0 Å². The van der Waals surface area contributed by atoms with E-state index in [-0.39, 0.29) is 17.7 Å². The summed E-state index contributed by atoms with van der Waals surface area (Å²) in [5, 5.41) is 20.1. The van der Waals surface area contributed by atoms with Crippen LogP contribution in [-0.2, 0) is 17.6 Å². The molecule has 6 aliphatic rings. The normalized spacial score (nSPS) is 50.4. The number of hydrogen-bond acceptors (Lipinski definition) is 4. The van der Waals surface area contributed by atoms with Gasteiger partial charge in [-0.15, -0.1) is 0 Å². The second kappa shape index (κ2) is 7.43. The lowest BCUT2D eigenvalue weighted by Gasteiger charge is -2.52. The molecular weight excluding hydrogens is 422 g/mol. The van der Waals surface area contributed by atoms with Crippen LogP contribution < -0.4 is 0 Å². The summed E-state index contributed by atoms with van der Waals surface area (Å²) in [7, 11) is 0. The number of aromatic amines is 1. The Morgan fingerprint density at radius 3 is 2.82 bits per heavy atom. The molecule has 1 spiro atoms. The molecule has 0 radical (unpaired) electrons. The average Bonchev–Trinajstić information content (AvgIpc) is 3.46. The predicted molar refractivity (Wildman–Crippen MR) is 131 cm³/mol. The summed E-state index contributed by atoms with van der Waals surface area (Å²) in [6.45, 7) is 10.5. The number of fused-ring (bicyclic) bond motifs is 7. The Bertz CT molecular complexity index is 1020. The van der Waals surface area contributed by atoms with Gasteiger partial charge in [-0.2, -0.15) is 10.2 Å². The van der Waals surface area contributed by atoms with Crippen LogP contribution in [0.25, 0.3) is 0 Å². The van der Waals surface area contributed by atoms with Crippen LogP contribution in [0.3, 0.4) is 0 Å². The second-order valence-corrected chi connectivity index (χ2v) is 13.5. The highest BCUT2D eigenvalue weighted by atomic mass is 16.5. The van der Waals surface area contributed by atoms with Crippen molar-refractivity contribution in [1.29, 1.82) is 0 Å². The summed E-state index contributed by atoms with van der Waals surface area (Å²) < 4.78 is 7.03. The Hall–Kier alpha value is -1.17. The number of piperidine rings is 1. The molecule has 5 heteroatoms. The number of hydrogen-bond donors (Lipinski definition) is 2. The monoisotopic (exact) mass is 465 g/mol. The summed E-state index contributed by atoms with van der Waals surface area (Å²) >= 11 is 0. The van der Waals surface area contributed by atoms with Crippen LogP contribution >= 0.6 is 0 Å². The van der Waals surface area contributed by atoms with E-state index in [1.54, 1.807) is 16.2 Å². The highest BCUT2D eigenvalue weighted by Crippen LogP contribution is 2.64. The summed E-state index contributed by atoms with van der Waals surface area (Å²) in [6.07, 6.45) is 13.3. The fraction of sp³-hybridized carbons (Fsp3) is 0.828. The molecule has 1 aromatic heterocycles. The molecule has 3 heterocycles. The molecule has 34 heavy (non-hydrogen) atoms. The van der Waals surface area contributed by atoms with Crippen LogP contribution in [0.5, 0.6) is 0 Å². The van der Waals surface area contributed by atoms with Crippen LogP contribution in [0.4, 0.5) is 0 Å². The van der Waals surface area contributed by atoms with Crippen molar-refractivity contribution in [2.75, 3.05) is 6.54 Å². The molecule has 2 aliphatic heterocycles. The molecule has 7 rings (SSSR count). The molecule has 0 unspecified atom stereocenters. The molecule has 0 aromatic carbocycles. The van der Waals surface area contributed by atoms with Gasteiger partial charge in [0.2, 0.25) is 0 Å². The molecule has 2 N–H and O–H groups in total. The van der Waals surface area contributed by atoms with Crippen LogP contribution in [0.2, 0.25) is 0 Å². The van der Waals surface area contributed by atoms with Gasteiger partial charge < -0.3 is 9.94 Å². The minimum atomic E-state index is -0.0938. The zero-order valence-corrected chi connectivity index (χ0v) is 21.5.